The minimum atomic E-state index is -0.609. The molecule has 1 aliphatic heterocycles. The van der Waals surface area contributed by atoms with Crippen molar-refractivity contribution in [1.82, 2.24) is 4.98 Å². The molecule has 0 radical (unpaired) electrons. The lowest BCUT2D eigenvalue weighted by atomic mass is 10.1. The van der Waals surface area contributed by atoms with Crippen LogP contribution in [0.25, 0.3) is 11.3 Å². The highest BCUT2D eigenvalue weighted by Crippen LogP contribution is 2.33. The molecule has 2 N–H and O–H groups in total. The van der Waals surface area contributed by atoms with Crippen LogP contribution in [0.3, 0.4) is 0 Å². The first-order chi connectivity index (χ1) is 18.2. The molecule has 3 aromatic carbocycles. The summed E-state index contributed by atoms with van der Waals surface area (Å²) < 4.78 is 0. The summed E-state index contributed by atoms with van der Waals surface area (Å²) in [6.07, 6.45) is 0. The van der Waals surface area contributed by atoms with Gasteiger partial charge >= 0.3 is 0 Å². The Morgan fingerprint density at radius 1 is 0.947 bits per heavy atom. The number of aryl methyl sites for hydroxylation is 2. The lowest BCUT2D eigenvalue weighted by Crippen LogP contribution is -2.33. The van der Waals surface area contributed by atoms with Gasteiger partial charge in [-0.1, -0.05) is 53.5 Å². The maximum Gasteiger partial charge on any atom is 0.283 e. The Balaban J connectivity index is 1.32. The van der Waals surface area contributed by atoms with Gasteiger partial charge in [0.25, 0.3) is 17.7 Å². The molecule has 0 bridgehead atoms. The van der Waals surface area contributed by atoms with Crippen LogP contribution >= 0.6 is 34.5 Å². The number of anilines is 3. The van der Waals surface area contributed by atoms with Crippen molar-refractivity contribution in [2.75, 3.05) is 15.5 Å². The smallest absolute Gasteiger partial charge is 0.283 e. The quantitative estimate of drug-likeness (QED) is 0.253. The Morgan fingerprint density at radius 3 is 2.47 bits per heavy atom. The predicted octanol–water partition coefficient (Wildman–Crippen LogP) is 6.77. The van der Waals surface area contributed by atoms with E-state index in [9.17, 15) is 14.4 Å². The number of nitrogens with zero attached hydrogens (tertiary/aromatic N) is 2. The third kappa shape index (κ3) is 5.06. The van der Waals surface area contributed by atoms with Crippen molar-refractivity contribution in [3.8, 4) is 11.3 Å². The maximum atomic E-state index is 13.2. The zero-order valence-corrected chi connectivity index (χ0v) is 22.5. The van der Waals surface area contributed by atoms with Crippen LogP contribution in [0.1, 0.15) is 21.5 Å². The number of amides is 3. The second-order valence-corrected chi connectivity index (χ2v) is 10.3. The fourth-order valence-corrected chi connectivity index (χ4v) is 4.98. The van der Waals surface area contributed by atoms with E-state index in [0.717, 1.165) is 27.3 Å². The third-order valence-electron chi connectivity index (χ3n) is 5.89. The van der Waals surface area contributed by atoms with Crippen molar-refractivity contribution in [3.63, 3.8) is 0 Å². The number of imide groups is 1. The number of carbonyl (C=O) groups excluding carboxylic acids is 3. The van der Waals surface area contributed by atoms with Gasteiger partial charge in [-0.3, -0.25) is 19.7 Å². The molecule has 4 aromatic rings. The molecule has 0 spiro atoms. The van der Waals surface area contributed by atoms with Crippen LogP contribution in [0, 0.1) is 13.8 Å². The number of halogens is 2. The number of aromatic nitrogens is 1. The topological polar surface area (TPSA) is 91.4 Å². The Morgan fingerprint density at radius 2 is 1.71 bits per heavy atom. The van der Waals surface area contributed by atoms with E-state index < -0.39 is 11.8 Å². The number of hydrogen-bond acceptors (Lipinski definition) is 6. The van der Waals surface area contributed by atoms with Crippen molar-refractivity contribution in [2.45, 2.75) is 13.8 Å². The molecule has 0 saturated heterocycles. The van der Waals surface area contributed by atoms with Crippen molar-refractivity contribution >= 4 is 68.8 Å². The van der Waals surface area contributed by atoms with Gasteiger partial charge in [0.1, 0.15) is 10.7 Å². The average molecular weight is 563 g/mol. The molecule has 190 valence electrons. The zero-order chi connectivity index (χ0) is 27.0. The van der Waals surface area contributed by atoms with Crippen molar-refractivity contribution in [1.29, 1.82) is 0 Å². The van der Waals surface area contributed by atoms with Gasteiger partial charge in [0.2, 0.25) is 0 Å². The van der Waals surface area contributed by atoms with Crippen LogP contribution in [0.5, 0.6) is 0 Å². The summed E-state index contributed by atoms with van der Waals surface area (Å²) in [5, 5.41) is 8.41. The second-order valence-electron chi connectivity index (χ2n) is 8.63. The maximum absolute atomic E-state index is 13.2. The standard InChI is InChI=1S/C28H20Cl2N4O3S/c1-15-6-7-16(2)22(12-15)34-26(36)23(30)24(27(34)37)31-20-5-3-4-18(13-20)25(35)33-28-32-21(14-38-28)17-8-10-19(29)11-9-17/h3-14,31H,1-2H3,(H,32,33,35). The normalized spacial score (nSPS) is 13.3. The Labute approximate surface area is 232 Å². The molecule has 1 aromatic heterocycles. The molecule has 38 heavy (non-hydrogen) atoms. The summed E-state index contributed by atoms with van der Waals surface area (Å²) in [5.74, 6) is -1.56. The summed E-state index contributed by atoms with van der Waals surface area (Å²) in [4.78, 5) is 44.5. The van der Waals surface area contributed by atoms with Gasteiger partial charge in [-0.05, 0) is 61.4 Å². The SMILES string of the molecule is Cc1ccc(C)c(N2C(=O)C(Cl)=C(Nc3cccc(C(=O)Nc4nc(-c5ccc(Cl)cc5)cs4)c3)C2=O)c1. The van der Waals surface area contributed by atoms with Crippen LogP contribution in [-0.4, -0.2) is 22.7 Å². The minimum Gasteiger partial charge on any atom is -0.350 e. The van der Waals surface area contributed by atoms with Crippen molar-refractivity contribution < 1.29 is 14.4 Å². The molecule has 5 rings (SSSR count). The molecule has 10 heteroatoms. The van der Waals surface area contributed by atoms with Gasteiger partial charge in [-0.25, -0.2) is 9.88 Å². The Kier molecular flexibility index (Phi) is 7.03. The second kappa shape index (κ2) is 10.4. The monoisotopic (exact) mass is 562 g/mol. The minimum absolute atomic E-state index is 0.0531. The molecule has 0 fully saturated rings. The fraction of sp³-hybridized carbons (Fsp3) is 0.0714. The first kappa shape index (κ1) is 25.7. The van der Waals surface area contributed by atoms with Crippen LogP contribution < -0.4 is 15.5 Å². The Hall–Kier alpha value is -3.98. The molecular formula is C28H20Cl2N4O3S. The number of nitrogens with one attached hydrogen (secondary N) is 2. The molecule has 1 aliphatic rings. The highest BCUT2D eigenvalue weighted by Gasteiger charge is 2.39. The summed E-state index contributed by atoms with van der Waals surface area (Å²) >= 11 is 13.5. The fourth-order valence-electron chi connectivity index (χ4n) is 3.93. The molecule has 0 atom stereocenters. The molecule has 2 heterocycles. The first-order valence-electron chi connectivity index (χ1n) is 11.5. The number of carbonyl (C=O) groups is 3. The van der Waals surface area contributed by atoms with Gasteiger partial charge in [-0.2, -0.15) is 0 Å². The van der Waals surface area contributed by atoms with E-state index in [-0.39, 0.29) is 16.6 Å². The third-order valence-corrected chi connectivity index (χ3v) is 7.25. The van der Waals surface area contributed by atoms with E-state index in [1.165, 1.54) is 11.3 Å². The average Bonchev–Trinajstić information content (AvgIpc) is 3.45. The highest BCUT2D eigenvalue weighted by atomic mass is 35.5. The lowest BCUT2D eigenvalue weighted by molar-refractivity contribution is -0.120. The molecule has 3 amide bonds. The van der Waals surface area contributed by atoms with Crippen LogP contribution in [0.15, 0.2) is 82.8 Å². The number of hydrogen-bond donors (Lipinski definition) is 2. The van der Waals surface area contributed by atoms with Gasteiger partial charge < -0.3 is 5.32 Å². The van der Waals surface area contributed by atoms with Gasteiger partial charge in [0.05, 0.1) is 11.4 Å². The summed E-state index contributed by atoms with van der Waals surface area (Å²) in [5.41, 5.74) is 4.46. The summed E-state index contributed by atoms with van der Waals surface area (Å²) in [6, 6.07) is 19.3. The van der Waals surface area contributed by atoms with Crippen LogP contribution in [-0.2, 0) is 9.59 Å². The van der Waals surface area contributed by atoms with E-state index in [2.05, 4.69) is 15.6 Å². The first-order valence-corrected chi connectivity index (χ1v) is 13.1. The van der Waals surface area contributed by atoms with Crippen LogP contribution in [0.4, 0.5) is 16.5 Å². The van der Waals surface area contributed by atoms with Gasteiger partial charge in [0, 0.05) is 27.2 Å². The zero-order valence-electron chi connectivity index (χ0n) is 20.2. The lowest BCUT2D eigenvalue weighted by Gasteiger charge is -2.18. The van der Waals surface area contributed by atoms with Gasteiger partial charge in [0.15, 0.2) is 5.13 Å². The van der Waals surface area contributed by atoms with E-state index in [0.29, 0.717) is 27.1 Å². The highest BCUT2D eigenvalue weighted by molar-refractivity contribution is 7.14. The predicted molar refractivity (Wildman–Crippen MR) is 152 cm³/mol. The molecule has 0 unspecified atom stereocenters. The number of benzene rings is 3. The van der Waals surface area contributed by atoms with Gasteiger partial charge in [-0.15, -0.1) is 11.3 Å². The van der Waals surface area contributed by atoms with E-state index in [1.807, 2.05) is 43.5 Å². The molecule has 0 aliphatic carbocycles. The number of thiazole rings is 1. The van der Waals surface area contributed by atoms with E-state index in [4.69, 9.17) is 23.2 Å². The largest absolute Gasteiger partial charge is 0.350 e. The summed E-state index contributed by atoms with van der Waals surface area (Å²) in [6.45, 7) is 3.69. The molecule has 7 nitrogen and oxygen atoms in total. The number of rotatable bonds is 6. The van der Waals surface area contributed by atoms with Crippen molar-refractivity contribution in [3.05, 3.63) is 105 Å². The van der Waals surface area contributed by atoms with Crippen LogP contribution in [0.2, 0.25) is 5.02 Å². The molecular weight excluding hydrogens is 543 g/mol. The summed E-state index contributed by atoms with van der Waals surface area (Å²) in [7, 11) is 0. The van der Waals surface area contributed by atoms with E-state index in [1.54, 1.807) is 42.5 Å². The Bertz CT molecular complexity index is 1630. The molecule has 0 saturated carbocycles. The van der Waals surface area contributed by atoms with Crippen molar-refractivity contribution in [2.24, 2.45) is 0 Å². The van der Waals surface area contributed by atoms with E-state index >= 15 is 0 Å².